The number of carboxylic acids is 1. The van der Waals surface area contributed by atoms with Crippen molar-refractivity contribution in [2.45, 2.75) is 6.92 Å². The Kier molecular flexibility index (Phi) is 4.56. The highest BCUT2D eigenvalue weighted by Gasteiger charge is 2.11. The summed E-state index contributed by atoms with van der Waals surface area (Å²) in [4.78, 5) is 23.0. The number of anilines is 2. The van der Waals surface area contributed by atoms with Crippen LogP contribution in [-0.4, -0.2) is 23.5 Å². The zero-order chi connectivity index (χ0) is 15.2. The van der Waals surface area contributed by atoms with Crippen LogP contribution in [0.4, 0.5) is 11.4 Å². The molecule has 0 saturated carbocycles. The highest BCUT2D eigenvalue weighted by atomic mass is 16.4. The van der Waals surface area contributed by atoms with Crippen molar-refractivity contribution in [2.24, 2.45) is 0 Å². The minimum absolute atomic E-state index is 0.0683. The molecule has 2 rings (SSSR count). The van der Waals surface area contributed by atoms with E-state index in [9.17, 15) is 9.59 Å². The summed E-state index contributed by atoms with van der Waals surface area (Å²) < 4.78 is 0. The van der Waals surface area contributed by atoms with Crippen molar-refractivity contribution in [3.8, 4) is 0 Å². The number of carbonyl (C=O) groups excluding carboxylic acids is 1. The molecule has 0 bridgehead atoms. The maximum Gasteiger partial charge on any atom is 0.337 e. The molecule has 0 radical (unpaired) electrons. The number of carboxylic acid groups (broad SMARTS) is 1. The zero-order valence-electron chi connectivity index (χ0n) is 11.6. The molecule has 3 N–H and O–H groups in total. The molecule has 0 spiro atoms. The van der Waals surface area contributed by atoms with Gasteiger partial charge in [-0.15, -0.1) is 0 Å². The van der Waals surface area contributed by atoms with E-state index < -0.39 is 5.97 Å². The Bertz CT molecular complexity index is 668. The van der Waals surface area contributed by atoms with E-state index in [1.54, 1.807) is 18.2 Å². The van der Waals surface area contributed by atoms with E-state index >= 15 is 0 Å². The first-order valence-electron chi connectivity index (χ1n) is 6.49. The van der Waals surface area contributed by atoms with Crippen molar-refractivity contribution in [3.63, 3.8) is 0 Å². The van der Waals surface area contributed by atoms with Gasteiger partial charge in [-0.3, -0.25) is 4.79 Å². The summed E-state index contributed by atoms with van der Waals surface area (Å²) >= 11 is 0. The predicted octanol–water partition coefficient (Wildman–Crippen LogP) is 2.74. The minimum atomic E-state index is -1.07. The highest BCUT2D eigenvalue weighted by Crippen LogP contribution is 2.15. The Balaban J connectivity index is 2.00. The standard InChI is InChI=1S/C16H16N2O3/c1-11-6-2-4-8-13(11)17-10-15(19)18-14-9-5-3-7-12(14)16(20)21/h2-9,17H,10H2,1H3,(H,18,19)(H,20,21). The molecule has 108 valence electrons. The Labute approximate surface area is 122 Å². The largest absolute Gasteiger partial charge is 0.478 e. The van der Waals surface area contributed by atoms with Gasteiger partial charge in [0, 0.05) is 5.69 Å². The molecule has 21 heavy (non-hydrogen) atoms. The zero-order valence-corrected chi connectivity index (χ0v) is 11.6. The number of aryl methyl sites for hydroxylation is 1. The van der Waals surface area contributed by atoms with Crippen LogP contribution in [0.2, 0.25) is 0 Å². The number of hydrogen-bond donors (Lipinski definition) is 3. The topological polar surface area (TPSA) is 78.4 Å². The number of aromatic carboxylic acids is 1. The monoisotopic (exact) mass is 284 g/mol. The maximum absolute atomic E-state index is 11.9. The SMILES string of the molecule is Cc1ccccc1NCC(=O)Nc1ccccc1C(=O)O. The molecular formula is C16H16N2O3. The fourth-order valence-corrected chi connectivity index (χ4v) is 1.92. The molecule has 2 aromatic carbocycles. The van der Waals surface area contributed by atoms with E-state index in [4.69, 9.17) is 5.11 Å². The number of hydrogen-bond acceptors (Lipinski definition) is 3. The van der Waals surface area contributed by atoms with E-state index in [-0.39, 0.29) is 18.0 Å². The van der Waals surface area contributed by atoms with Gasteiger partial charge in [0.2, 0.25) is 5.91 Å². The van der Waals surface area contributed by atoms with Crippen molar-refractivity contribution in [1.82, 2.24) is 0 Å². The van der Waals surface area contributed by atoms with Crippen LogP contribution in [0.15, 0.2) is 48.5 Å². The number of rotatable bonds is 5. The van der Waals surface area contributed by atoms with E-state index in [2.05, 4.69) is 10.6 Å². The molecule has 0 fully saturated rings. The molecule has 0 unspecified atom stereocenters. The van der Waals surface area contributed by atoms with Gasteiger partial charge in [-0.1, -0.05) is 30.3 Å². The number of nitrogens with one attached hydrogen (secondary N) is 2. The van der Waals surface area contributed by atoms with Crippen molar-refractivity contribution >= 4 is 23.3 Å². The first-order chi connectivity index (χ1) is 10.1. The van der Waals surface area contributed by atoms with Gasteiger partial charge < -0.3 is 15.7 Å². The molecule has 0 heterocycles. The average Bonchev–Trinajstić information content (AvgIpc) is 2.47. The Morgan fingerprint density at radius 3 is 2.29 bits per heavy atom. The van der Waals surface area contributed by atoms with Crippen molar-refractivity contribution < 1.29 is 14.7 Å². The first-order valence-corrected chi connectivity index (χ1v) is 6.49. The van der Waals surface area contributed by atoms with E-state index in [0.29, 0.717) is 5.69 Å². The van der Waals surface area contributed by atoms with Gasteiger partial charge in [-0.25, -0.2) is 4.79 Å². The van der Waals surface area contributed by atoms with Gasteiger partial charge in [-0.05, 0) is 30.7 Å². The third-order valence-corrected chi connectivity index (χ3v) is 3.02. The van der Waals surface area contributed by atoms with Crippen LogP contribution in [-0.2, 0) is 4.79 Å². The van der Waals surface area contributed by atoms with Gasteiger partial charge >= 0.3 is 5.97 Å². The number of amides is 1. The third kappa shape index (κ3) is 3.82. The van der Waals surface area contributed by atoms with Gasteiger partial charge in [-0.2, -0.15) is 0 Å². The van der Waals surface area contributed by atoms with E-state index in [1.807, 2.05) is 31.2 Å². The summed E-state index contributed by atoms with van der Waals surface area (Å²) in [5, 5.41) is 14.7. The van der Waals surface area contributed by atoms with Crippen LogP contribution in [0.5, 0.6) is 0 Å². The Morgan fingerprint density at radius 2 is 1.62 bits per heavy atom. The highest BCUT2D eigenvalue weighted by molar-refractivity contribution is 6.01. The second kappa shape index (κ2) is 6.56. The van der Waals surface area contributed by atoms with Crippen LogP contribution < -0.4 is 10.6 Å². The van der Waals surface area contributed by atoms with Crippen LogP contribution in [0.25, 0.3) is 0 Å². The predicted molar refractivity (Wildman–Crippen MR) is 81.7 cm³/mol. The quantitative estimate of drug-likeness (QED) is 0.789. The summed E-state index contributed by atoms with van der Waals surface area (Å²) in [5.41, 5.74) is 2.28. The lowest BCUT2D eigenvalue weighted by molar-refractivity contribution is -0.114. The molecule has 0 aliphatic rings. The smallest absolute Gasteiger partial charge is 0.337 e. The maximum atomic E-state index is 11.9. The van der Waals surface area contributed by atoms with Gasteiger partial charge in [0.25, 0.3) is 0 Å². The van der Waals surface area contributed by atoms with E-state index in [1.165, 1.54) is 6.07 Å². The lowest BCUT2D eigenvalue weighted by Gasteiger charge is -2.11. The lowest BCUT2D eigenvalue weighted by Crippen LogP contribution is -2.23. The molecule has 0 aliphatic carbocycles. The molecule has 5 nitrogen and oxygen atoms in total. The lowest BCUT2D eigenvalue weighted by atomic mass is 10.2. The van der Waals surface area contributed by atoms with Crippen LogP contribution in [0, 0.1) is 6.92 Å². The minimum Gasteiger partial charge on any atom is -0.478 e. The summed E-state index contributed by atoms with van der Waals surface area (Å²) in [6.07, 6.45) is 0. The number of para-hydroxylation sites is 2. The fraction of sp³-hybridized carbons (Fsp3) is 0.125. The Hall–Kier alpha value is -2.82. The summed E-state index contributed by atoms with van der Waals surface area (Å²) in [6, 6.07) is 13.9. The van der Waals surface area contributed by atoms with Crippen molar-refractivity contribution in [1.29, 1.82) is 0 Å². The number of benzene rings is 2. The molecule has 0 atom stereocenters. The second-order valence-corrected chi connectivity index (χ2v) is 4.57. The molecule has 0 saturated heterocycles. The molecule has 0 aliphatic heterocycles. The van der Waals surface area contributed by atoms with Crippen molar-refractivity contribution in [2.75, 3.05) is 17.2 Å². The normalized spacial score (nSPS) is 9.95. The summed E-state index contributed by atoms with van der Waals surface area (Å²) in [6.45, 7) is 2.01. The molecule has 2 aromatic rings. The fourth-order valence-electron chi connectivity index (χ4n) is 1.92. The summed E-state index contributed by atoms with van der Waals surface area (Å²) in [7, 11) is 0. The third-order valence-electron chi connectivity index (χ3n) is 3.02. The first kappa shape index (κ1) is 14.6. The summed E-state index contributed by atoms with van der Waals surface area (Å²) in [5.74, 6) is -1.37. The Morgan fingerprint density at radius 1 is 1.00 bits per heavy atom. The second-order valence-electron chi connectivity index (χ2n) is 4.57. The molecule has 5 heteroatoms. The van der Waals surface area contributed by atoms with Gasteiger partial charge in [0.15, 0.2) is 0 Å². The van der Waals surface area contributed by atoms with Crippen LogP contribution in [0.1, 0.15) is 15.9 Å². The van der Waals surface area contributed by atoms with Crippen LogP contribution in [0.3, 0.4) is 0 Å². The molecular weight excluding hydrogens is 268 g/mol. The molecule has 0 aromatic heterocycles. The molecule has 1 amide bonds. The van der Waals surface area contributed by atoms with Gasteiger partial charge in [0.1, 0.15) is 0 Å². The van der Waals surface area contributed by atoms with Crippen molar-refractivity contribution in [3.05, 3.63) is 59.7 Å². The van der Waals surface area contributed by atoms with Crippen LogP contribution >= 0.6 is 0 Å². The number of carbonyl (C=O) groups is 2. The van der Waals surface area contributed by atoms with E-state index in [0.717, 1.165) is 11.3 Å². The van der Waals surface area contributed by atoms with Gasteiger partial charge in [0.05, 0.1) is 17.8 Å². The average molecular weight is 284 g/mol.